The monoisotopic (exact) mass is 786 g/mol. The summed E-state index contributed by atoms with van der Waals surface area (Å²) in [5.41, 5.74) is 0. The minimum absolute atomic E-state index is 0.000836. The molecule has 0 heterocycles. The van der Waals surface area contributed by atoms with Crippen molar-refractivity contribution in [3.63, 3.8) is 0 Å². The molecule has 54 heavy (non-hydrogen) atoms. The zero-order valence-corrected chi connectivity index (χ0v) is 29.0. The van der Waals surface area contributed by atoms with Gasteiger partial charge < -0.3 is 51.1 Å². The van der Waals surface area contributed by atoms with Crippen molar-refractivity contribution in [3.8, 4) is 0 Å². The topological polar surface area (TPSA) is 392 Å². The Morgan fingerprint density at radius 2 is 0.296 bits per heavy atom. The van der Waals surface area contributed by atoms with Crippen LogP contribution in [0.5, 0.6) is 0 Å². The van der Waals surface area contributed by atoms with Crippen LogP contribution in [0.25, 0.3) is 0 Å². The van der Waals surface area contributed by atoms with Crippen molar-refractivity contribution in [1.29, 1.82) is 0 Å². The maximum Gasteiger partial charge on any atom is 0.317 e. The highest BCUT2D eigenvalue weighted by Crippen LogP contribution is 1.99. The number of rotatable bonds is 32. The van der Waals surface area contributed by atoms with Crippen LogP contribution in [0.15, 0.2) is 0 Å². The number of hydrogen-bond donors (Lipinski definition) is 10. The van der Waals surface area contributed by atoms with Crippen molar-refractivity contribution in [2.24, 2.45) is 0 Å². The second-order valence-corrected chi connectivity index (χ2v) is 11.3. The summed E-state index contributed by atoms with van der Waals surface area (Å²) >= 11 is 0. The maximum absolute atomic E-state index is 11.0. The summed E-state index contributed by atoms with van der Waals surface area (Å²) in [5, 5.41) is 88.2. The van der Waals surface area contributed by atoms with E-state index in [0.717, 1.165) is 19.6 Å². The molecule has 0 unspecified atom stereocenters. The fourth-order valence-electron chi connectivity index (χ4n) is 4.44. The van der Waals surface area contributed by atoms with Gasteiger partial charge in [0.2, 0.25) is 0 Å². The number of carboxylic acid groups (broad SMARTS) is 10. The third-order valence-electron chi connectivity index (χ3n) is 6.52. The molecule has 0 aromatic carbocycles. The van der Waals surface area contributed by atoms with Crippen LogP contribution in [0.2, 0.25) is 0 Å². The molecule has 0 aliphatic heterocycles. The second-order valence-electron chi connectivity index (χ2n) is 11.3. The predicted molar refractivity (Wildman–Crippen MR) is 175 cm³/mol. The number of hydrogen-bond acceptors (Lipinski definition) is 16. The number of nitrogens with zero attached hydrogens (tertiary/aromatic N) is 6. The van der Waals surface area contributed by atoms with Crippen LogP contribution in [0.3, 0.4) is 0 Å². The van der Waals surface area contributed by atoms with Crippen LogP contribution in [-0.2, 0) is 47.9 Å². The highest BCUT2D eigenvalue weighted by molar-refractivity contribution is 5.74. The summed E-state index contributed by atoms with van der Waals surface area (Å²) in [6.07, 6.45) is 0. The summed E-state index contributed by atoms with van der Waals surface area (Å²) in [4.78, 5) is 115. The lowest BCUT2D eigenvalue weighted by molar-refractivity contribution is -0.144. The molecule has 0 amide bonds. The Bertz CT molecular complexity index is 1060. The molecule has 26 heteroatoms. The van der Waals surface area contributed by atoms with Gasteiger partial charge in [-0.05, 0) is 0 Å². The first-order valence-corrected chi connectivity index (χ1v) is 15.5. The van der Waals surface area contributed by atoms with Gasteiger partial charge in [0, 0.05) is 52.4 Å². The quantitative estimate of drug-likeness (QED) is 0.0304. The molecule has 0 fully saturated rings. The summed E-state index contributed by atoms with van der Waals surface area (Å²) < 4.78 is 0. The number of carbonyl (C=O) groups is 10. The molecule has 0 aliphatic carbocycles. The van der Waals surface area contributed by atoms with Crippen molar-refractivity contribution in [3.05, 3.63) is 0 Å². The predicted octanol–water partition coefficient (Wildman–Crippen LogP) is -5.37. The van der Waals surface area contributed by atoms with E-state index >= 15 is 0 Å². The smallest absolute Gasteiger partial charge is 0.317 e. The molecule has 308 valence electrons. The lowest BCUT2D eigenvalue weighted by atomic mass is 10.3. The van der Waals surface area contributed by atoms with Crippen LogP contribution < -0.4 is 0 Å². The van der Waals surface area contributed by atoms with Crippen LogP contribution in [0.1, 0.15) is 0 Å². The molecule has 0 aromatic rings. The zero-order valence-electron chi connectivity index (χ0n) is 29.0. The SMILES string of the molecule is O=C(O)CN(CCN(CC(=O)O)CC(=O)O)CCN(CC(=O)O)CC(=O)O.O=C(O)CN(CCN(CC(=O)O)CC(=O)O)CCN(CC(=O)O)CC(=O)O. The van der Waals surface area contributed by atoms with E-state index in [1.54, 1.807) is 0 Å². The zero-order chi connectivity index (χ0) is 42.0. The Morgan fingerprint density at radius 1 is 0.204 bits per heavy atom. The first-order chi connectivity index (χ1) is 25.0. The average Bonchev–Trinajstić information content (AvgIpc) is 2.97. The van der Waals surface area contributed by atoms with Crippen LogP contribution >= 0.6 is 0 Å². The van der Waals surface area contributed by atoms with Crippen molar-refractivity contribution in [1.82, 2.24) is 29.4 Å². The van der Waals surface area contributed by atoms with Crippen molar-refractivity contribution < 1.29 is 99.0 Å². The van der Waals surface area contributed by atoms with E-state index in [9.17, 15) is 47.9 Å². The summed E-state index contributed by atoms with van der Waals surface area (Å²) in [7, 11) is 0. The fraction of sp³-hybridized carbons (Fsp3) is 0.643. The largest absolute Gasteiger partial charge is 0.480 e. The first kappa shape index (κ1) is 50.6. The van der Waals surface area contributed by atoms with E-state index in [1.165, 1.54) is 9.80 Å². The average molecular weight is 787 g/mol. The Balaban J connectivity index is 0. The lowest BCUT2D eigenvalue weighted by Gasteiger charge is -2.27. The van der Waals surface area contributed by atoms with Crippen molar-refractivity contribution >= 4 is 59.7 Å². The van der Waals surface area contributed by atoms with Crippen LogP contribution in [0, 0.1) is 0 Å². The molecular weight excluding hydrogens is 740 g/mol. The van der Waals surface area contributed by atoms with Gasteiger partial charge in [0.05, 0.1) is 65.4 Å². The maximum atomic E-state index is 11.0. The molecule has 0 rings (SSSR count). The van der Waals surface area contributed by atoms with E-state index in [1.807, 2.05) is 0 Å². The molecule has 10 N–H and O–H groups in total. The van der Waals surface area contributed by atoms with Gasteiger partial charge >= 0.3 is 59.7 Å². The van der Waals surface area contributed by atoms with Gasteiger partial charge in [-0.15, -0.1) is 0 Å². The van der Waals surface area contributed by atoms with Crippen LogP contribution in [0.4, 0.5) is 0 Å². The summed E-state index contributed by atoms with van der Waals surface area (Å²) in [5.74, 6) is -12.3. The van der Waals surface area contributed by atoms with E-state index in [4.69, 9.17) is 51.1 Å². The summed E-state index contributed by atoms with van der Waals surface area (Å²) in [6, 6.07) is 0. The molecule has 0 bridgehead atoms. The van der Waals surface area contributed by atoms with E-state index < -0.39 is 125 Å². The van der Waals surface area contributed by atoms with Gasteiger partial charge in [-0.2, -0.15) is 0 Å². The van der Waals surface area contributed by atoms with Crippen molar-refractivity contribution in [2.45, 2.75) is 0 Å². The van der Waals surface area contributed by atoms with E-state index in [0.29, 0.717) is 0 Å². The Morgan fingerprint density at radius 3 is 0.407 bits per heavy atom. The molecule has 0 saturated heterocycles. The van der Waals surface area contributed by atoms with E-state index in [-0.39, 0.29) is 52.4 Å². The molecular formula is C28H46N6O20. The highest BCUT2D eigenvalue weighted by atomic mass is 16.4. The Labute approximate surface area is 306 Å². The Hall–Kier alpha value is -5.54. The Kier molecular flexibility index (Phi) is 26.2. The van der Waals surface area contributed by atoms with Crippen molar-refractivity contribution in [2.75, 3.05) is 118 Å². The first-order valence-electron chi connectivity index (χ1n) is 15.5. The van der Waals surface area contributed by atoms with Gasteiger partial charge in [0.1, 0.15) is 0 Å². The van der Waals surface area contributed by atoms with Crippen LogP contribution in [-0.4, -0.2) is 258 Å². The highest BCUT2D eigenvalue weighted by Gasteiger charge is 2.21. The summed E-state index contributed by atoms with van der Waals surface area (Å²) in [6.45, 7) is -5.47. The number of aliphatic carboxylic acids is 10. The molecule has 0 atom stereocenters. The van der Waals surface area contributed by atoms with E-state index in [2.05, 4.69) is 0 Å². The third-order valence-corrected chi connectivity index (χ3v) is 6.52. The van der Waals surface area contributed by atoms with Gasteiger partial charge in [0.25, 0.3) is 0 Å². The molecule has 0 radical (unpaired) electrons. The second kappa shape index (κ2) is 28.0. The van der Waals surface area contributed by atoms with Gasteiger partial charge in [0.15, 0.2) is 0 Å². The standard InChI is InChI=1S/2C14H23N3O10/c2*18-10(19)5-15(1-3-16(6-11(20)21)7-12(22)23)2-4-17(8-13(24)25)9-14(26)27/h2*1-9H2,(H,18,19)(H,20,21)(H,22,23)(H,24,25)(H,26,27). The van der Waals surface area contributed by atoms with Gasteiger partial charge in [-0.3, -0.25) is 77.3 Å². The molecule has 0 aromatic heterocycles. The third kappa shape index (κ3) is 32.4. The van der Waals surface area contributed by atoms with Gasteiger partial charge in [-0.1, -0.05) is 0 Å². The molecule has 0 saturated carbocycles. The minimum Gasteiger partial charge on any atom is -0.480 e. The molecule has 0 aliphatic rings. The number of carboxylic acids is 10. The minimum atomic E-state index is -1.24. The molecule has 26 nitrogen and oxygen atoms in total. The fourth-order valence-corrected chi connectivity index (χ4v) is 4.44. The lowest BCUT2D eigenvalue weighted by Crippen LogP contribution is -2.45. The van der Waals surface area contributed by atoms with Gasteiger partial charge in [-0.25, -0.2) is 0 Å². The molecule has 0 spiro atoms. The normalized spacial score (nSPS) is 11.1.